The lowest BCUT2D eigenvalue weighted by Gasteiger charge is -2.69. The Morgan fingerprint density at radius 2 is 1.64 bits per heavy atom. The number of rotatable bonds is 14. The van der Waals surface area contributed by atoms with Crippen molar-refractivity contribution in [3.8, 4) is 16.9 Å². The number of nitrogens with one attached hydrogen (secondary N) is 1. The molecule has 66 heavy (non-hydrogen) atoms. The minimum absolute atomic E-state index is 0.0762. The van der Waals surface area contributed by atoms with Crippen LogP contribution in [0, 0.1) is 30.1 Å². The third-order valence-corrected chi connectivity index (χ3v) is 16.3. The third kappa shape index (κ3) is 8.12. The summed E-state index contributed by atoms with van der Waals surface area (Å²) in [6, 6.07) is 19.7. The van der Waals surface area contributed by atoms with Crippen LogP contribution in [0.4, 0.5) is 22.6 Å². The normalized spacial score (nSPS) is 25.7. The molecule has 12 rings (SSSR count). The molecule has 6 aromatic rings. The Balaban J connectivity index is 0.894. The Morgan fingerprint density at radius 1 is 0.848 bits per heavy atom. The fourth-order valence-electron chi connectivity index (χ4n) is 13.6. The Morgan fingerprint density at radius 3 is 2.41 bits per heavy atom. The molecule has 344 valence electrons. The maximum atomic E-state index is 14.4. The van der Waals surface area contributed by atoms with Crippen molar-refractivity contribution in [2.24, 2.45) is 16.2 Å². The van der Waals surface area contributed by atoms with E-state index in [0.29, 0.717) is 23.7 Å². The first-order valence-corrected chi connectivity index (χ1v) is 24.7. The monoisotopic (exact) mass is 907 g/mol. The molecule has 13 nitrogen and oxygen atoms in total. The number of nitrogens with zero attached hydrogens (tertiary/aromatic N) is 8. The van der Waals surface area contributed by atoms with Crippen molar-refractivity contribution in [3.63, 3.8) is 0 Å². The van der Waals surface area contributed by atoms with Gasteiger partial charge < -0.3 is 29.3 Å². The van der Waals surface area contributed by atoms with E-state index in [4.69, 9.17) is 34.4 Å². The SMILES string of the molecule is COc1ccc(COC(=O)c2nc(N3CCCc4c3nnc(Nc3nc5ccccc5s3)c4C)ccc2-c2cnn(CC34CC5(C)CC(C)(C3)CC(OCCN3CCCC3)(C5)C4)c2C)cc1. The molecule has 6 aliphatic rings. The lowest BCUT2D eigenvalue weighted by Crippen LogP contribution is -2.64. The molecule has 4 bridgehead atoms. The molecule has 1 N–H and O–H groups in total. The second kappa shape index (κ2) is 16.7. The maximum Gasteiger partial charge on any atom is 0.358 e. The molecule has 14 heteroatoms. The molecule has 4 aromatic heterocycles. The Labute approximate surface area is 391 Å². The molecular weight excluding hydrogens is 847 g/mol. The Kier molecular flexibility index (Phi) is 10.9. The van der Waals surface area contributed by atoms with Crippen molar-refractivity contribution in [2.75, 3.05) is 50.1 Å². The topological polar surface area (TPSA) is 133 Å². The molecule has 2 unspecified atom stereocenters. The number of hydrogen-bond donors (Lipinski definition) is 1. The smallest absolute Gasteiger partial charge is 0.358 e. The predicted molar refractivity (Wildman–Crippen MR) is 258 cm³/mol. The van der Waals surface area contributed by atoms with Crippen molar-refractivity contribution < 1.29 is 19.0 Å². The van der Waals surface area contributed by atoms with Gasteiger partial charge >= 0.3 is 5.97 Å². The predicted octanol–water partition coefficient (Wildman–Crippen LogP) is 10.4. The van der Waals surface area contributed by atoms with Crippen LogP contribution in [0.5, 0.6) is 5.75 Å². The maximum absolute atomic E-state index is 14.4. The van der Waals surface area contributed by atoms with Crippen molar-refractivity contribution in [1.29, 1.82) is 0 Å². The first-order chi connectivity index (χ1) is 31.9. The van der Waals surface area contributed by atoms with E-state index in [0.717, 1.165) is 107 Å². The van der Waals surface area contributed by atoms with Crippen molar-refractivity contribution in [1.82, 2.24) is 34.8 Å². The van der Waals surface area contributed by atoms with Crippen LogP contribution in [0.15, 0.2) is 66.9 Å². The summed E-state index contributed by atoms with van der Waals surface area (Å²) in [6.07, 6.45) is 13.2. The van der Waals surface area contributed by atoms with Gasteiger partial charge in [-0.15, -0.1) is 10.2 Å². The molecule has 5 fully saturated rings. The molecule has 2 aromatic carbocycles. The molecule has 0 radical (unpaired) electrons. The summed E-state index contributed by atoms with van der Waals surface area (Å²) >= 11 is 1.59. The Bertz CT molecular complexity index is 2750. The zero-order valence-electron chi connectivity index (χ0n) is 39.0. The average molecular weight is 908 g/mol. The highest BCUT2D eigenvalue weighted by atomic mass is 32.1. The van der Waals surface area contributed by atoms with Crippen LogP contribution < -0.4 is 15.0 Å². The van der Waals surface area contributed by atoms with Crippen molar-refractivity contribution in [2.45, 2.75) is 111 Å². The van der Waals surface area contributed by atoms with Gasteiger partial charge in [0.25, 0.3) is 0 Å². The molecule has 4 aliphatic carbocycles. The van der Waals surface area contributed by atoms with Crippen LogP contribution in [0.3, 0.4) is 0 Å². The molecule has 2 atom stereocenters. The zero-order valence-corrected chi connectivity index (χ0v) is 39.8. The van der Waals surface area contributed by atoms with Gasteiger partial charge in [0.2, 0.25) is 0 Å². The first-order valence-electron chi connectivity index (χ1n) is 23.9. The number of hydrogen-bond acceptors (Lipinski definition) is 13. The molecule has 0 amide bonds. The summed E-state index contributed by atoms with van der Waals surface area (Å²) in [4.78, 5) is 29.0. The number of esters is 1. The largest absolute Gasteiger partial charge is 0.497 e. The van der Waals surface area contributed by atoms with Crippen LogP contribution >= 0.6 is 11.3 Å². The molecule has 2 aliphatic heterocycles. The van der Waals surface area contributed by atoms with Gasteiger partial charge in [0.1, 0.15) is 18.2 Å². The molecule has 1 saturated heterocycles. The second-order valence-corrected chi connectivity index (χ2v) is 21.9. The van der Waals surface area contributed by atoms with Gasteiger partial charge in [0.15, 0.2) is 22.5 Å². The lowest BCUT2D eigenvalue weighted by molar-refractivity contribution is -0.248. The third-order valence-electron chi connectivity index (χ3n) is 15.3. The number of anilines is 4. The minimum Gasteiger partial charge on any atom is -0.497 e. The number of pyridine rings is 1. The van der Waals surface area contributed by atoms with E-state index in [1.165, 1.54) is 45.2 Å². The highest BCUT2D eigenvalue weighted by Crippen LogP contribution is 2.72. The molecular formula is C52H61N9O4S. The average Bonchev–Trinajstić information content (AvgIpc) is 4.05. The van der Waals surface area contributed by atoms with Crippen LogP contribution in [-0.4, -0.2) is 86.3 Å². The van der Waals surface area contributed by atoms with E-state index < -0.39 is 5.97 Å². The van der Waals surface area contributed by atoms with E-state index in [9.17, 15) is 4.79 Å². The number of carbonyl (C=O) groups excluding carboxylic acids is 1. The number of para-hydroxylation sites is 1. The second-order valence-electron chi connectivity index (χ2n) is 20.9. The van der Waals surface area contributed by atoms with Gasteiger partial charge in [-0.25, -0.2) is 14.8 Å². The molecule has 4 saturated carbocycles. The molecule has 0 spiro atoms. The fourth-order valence-corrected chi connectivity index (χ4v) is 14.5. The summed E-state index contributed by atoms with van der Waals surface area (Å²) in [6.45, 7) is 15.1. The van der Waals surface area contributed by atoms with E-state index in [2.05, 4.69) is 58.7 Å². The van der Waals surface area contributed by atoms with E-state index in [1.807, 2.05) is 60.8 Å². The Hall–Kier alpha value is -5.44. The van der Waals surface area contributed by atoms with E-state index >= 15 is 0 Å². The highest BCUT2D eigenvalue weighted by molar-refractivity contribution is 7.22. The van der Waals surface area contributed by atoms with Crippen LogP contribution in [-0.2, 0) is 29.0 Å². The standard InChI is InChI=1S/C52H61N9O4S/c1-34-38-11-10-22-60(46(38)58-57-45(34)56-48-54-41-12-6-7-13-42(41)66-48)43-19-18-39(44(55-43)47(62)64-26-36-14-16-37(63-5)17-15-36)40-25-53-61(35(40)2)33-51-28-49(3)27-50(4,29-51)31-52(30-49,32-51)65-24-23-59-20-8-9-21-59/h6-7,12-19,25H,8-11,20-24,26-33H2,1-5H3,(H,54,56,57). The summed E-state index contributed by atoms with van der Waals surface area (Å²) in [5.74, 6) is 2.29. The number of aromatic nitrogens is 6. The van der Waals surface area contributed by atoms with Gasteiger partial charge in [-0.05, 0) is 149 Å². The van der Waals surface area contributed by atoms with E-state index in [1.54, 1.807) is 18.4 Å². The van der Waals surface area contributed by atoms with Crippen LogP contribution in [0.25, 0.3) is 21.3 Å². The minimum atomic E-state index is -0.500. The highest BCUT2D eigenvalue weighted by Gasteiger charge is 2.66. The number of carbonyl (C=O) groups is 1. The van der Waals surface area contributed by atoms with E-state index in [-0.39, 0.29) is 34.1 Å². The number of methoxy groups -OCH3 is 1. The van der Waals surface area contributed by atoms with Gasteiger partial charge in [0, 0.05) is 47.6 Å². The number of fused-ring (bicyclic) bond motifs is 2. The molecule has 6 heterocycles. The van der Waals surface area contributed by atoms with Gasteiger partial charge in [-0.3, -0.25) is 4.68 Å². The fraction of sp³-hybridized carbons (Fsp3) is 0.500. The van der Waals surface area contributed by atoms with Gasteiger partial charge in [0.05, 0.1) is 35.7 Å². The summed E-state index contributed by atoms with van der Waals surface area (Å²) in [7, 11) is 1.64. The van der Waals surface area contributed by atoms with Crippen LogP contribution in [0.1, 0.15) is 105 Å². The van der Waals surface area contributed by atoms with Gasteiger partial charge in [-0.2, -0.15) is 5.10 Å². The van der Waals surface area contributed by atoms with Crippen molar-refractivity contribution >= 4 is 50.1 Å². The summed E-state index contributed by atoms with van der Waals surface area (Å²) in [5.41, 5.74) is 7.22. The van der Waals surface area contributed by atoms with Crippen LogP contribution in [0.2, 0.25) is 0 Å². The number of benzene rings is 2. The summed E-state index contributed by atoms with van der Waals surface area (Å²) < 4.78 is 21.8. The number of thiazole rings is 1. The van der Waals surface area contributed by atoms with Gasteiger partial charge in [-0.1, -0.05) is 49.4 Å². The first kappa shape index (κ1) is 43.1. The van der Waals surface area contributed by atoms with Crippen molar-refractivity contribution in [3.05, 3.63) is 94.9 Å². The zero-order chi connectivity index (χ0) is 45.3. The number of likely N-dealkylation sites (tertiary alicyclic amines) is 1. The lowest BCUT2D eigenvalue weighted by atomic mass is 9.39. The quantitative estimate of drug-likeness (QED) is 0.104. The summed E-state index contributed by atoms with van der Waals surface area (Å²) in [5, 5.41) is 18.8. The number of ether oxygens (including phenoxy) is 3.